The number of hydrogen-bond acceptors (Lipinski definition) is 7. The summed E-state index contributed by atoms with van der Waals surface area (Å²) in [5, 5.41) is 0. The number of ether oxygens (including phenoxy) is 2. The highest BCUT2D eigenvalue weighted by molar-refractivity contribution is 7.45. The first-order valence-electron chi connectivity index (χ1n) is 24.4. The molecular weight excluding hydrogens is 758 g/mol. The third kappa shape index (κ3) is 47.4. The molecule has 8 nitrogen and oxygen atoms in total. The predicted molar refractivity (Wildman–Crippen MR) is 250 cm³/mol. The topological polar surface area (TPSA) is 94.1 Å². The summed E-state index contributed by atoms with van der Waals surface area (Å²) in [6, 6.07) is 0. The van der Waals surface area contributed by atoms with Crippen LogP contribution in [0.5, 0.6) is 0 Å². The monoisotopic (exact) mass is 852 g/mol. The minimum atomic E-state index is -4.52. The molecule has 0 radical (unpaired) electrons. The van der Waals surface area contributed by atoms with E-state index in [-0.39, 0.29) is 25.8 Å². The van der Waals surface area contributed by atoms with Gasteiger partial charge in [-0.05, 0) is 51.4 Å². The molecule has 59 heavy (non-hydrogen) atoms. The fourth-order valence-electron chi connectivity index (χ4n) is 6.66. The molecule has 346 valence electrons. The normalized spacial score (nSPS) is 14.1. The van der Waals surface area contributed by atoms with Crippen LogP contribution in [0.15, 0.2) is 48.6 Å². The van der Waals surface area contributed by atoms with E-state index in [1.165, 1.54) is 128 Å². The van der Waals surface area contributed by atoms with Crippen LogP contribution in [0.2, 0.25) is 0 Å². The summed E-state index contributed by atoms with van der Waals surface area (Å²) >= 11 is 0. The molecule has 0 saturated heterocycles. The maximum Gasteiger partial charge on any atom is 0.306 e. The number of phosphoric ester groups is 1. The summed E-state index contributed by atoms with van der Waals surface area (Å²) in [7, 11) is 1.36. The molecule has 0 amide bonds. The van der Waals surface area contributed by atoms with Gasteiger partial charge < -0.3 is 27.9 Å². The molecule has 0 aliphatic heterocycles. The van der Waals surface area contributed by atoms with Crippen molar-refractivity contribution in [1.82, 2.24) is 0 Å². The van der Waals surface area contributed by atoms with Crippen LogP contribution >= 0.6 is 7.82 Å². The van der Waals surface area contributed by atoms with Gasteiger partial charge in [0.05, 0.1) is 34.4 Å². The van der Waals surface area contributed by atoms with E-state index in [1.807, 2.05) is 21.1 Å². The quantitative estimate of drug-likeness (QED) is 0.0198. The highest BCUT2D eigenvalue weighted by Crippen LogP contribution is 2.38. The van der Waals surface area contributed by atoms with Crippen molar-refractivity contribution < 1.29 is 37.3 Å². The summed E-state index contributed by atoms with van der Waals surface area (Å²) < 4.78 is 34.6. The lowest BCUT2D eigenvalue weighted by molar-refractivity contribution is -0.870. The van der Waals surface area contributed by atoms with Crippen molar-refractivity contribution in [2.75, 3.05) is 54.1 Å². The van der Waals surface area contributed by atoms with E-state index in [0.717, 1.165) is 57.8 Å². The van der Waals surface area contributed by atoms with E-state index < -0.39 is 13.9 Å². The number of esters is 1. The van der Waals surface area contributed by atoms with Gasteiger partial charge in [-0.25, -0.2) is 0 Å². The highest BCUT2D eigenvalue weighted by atomic mass is 31.2. The van der Waals surface area contributed by atoms with Crippen molar-refractivity contribution in [3.05, 3.63) is 48.6 Å². The van der Waals surface area contributed by atoms with Crippen LogP contribution in [0.3, 0.4) is 0 Å². The Balaban J connectivity index is 4.08. The minimum absolute atomic E-state index is 0.0262. The van der Waals surface area contributed by atoms with Gasteiger partial charge in [0.15, 0.2) is 0 Å². The van der Waals surface area contributed by atoms with Crippen LogP contribution in [0.25, 0.3) is 0 Å². The van der Waals surface area contributed by atoms with E-state index in [2.05, 4.69) is 62.5 Å². The first-order valence-corrected chi connectivity index (χ1v) is 25.8. The minimum Gasteiger partial charge on any atom is -0.756 e. The number of rotatable bonds is 45. The molecule has 9 heteroatoms. The van der Waals surface area contributed by atoms with Crippen LogP contribution in [0, 0.1) is 0 Å². The van der Waals surface area contributed by atoms with Gasteiger partial charge in [0.25, 0.3) is 7.82 Å². The smallest absolute Gasteiger partial charge is 0.306 e. The third-order valence-corrected chi connectivity index (χ3v) is 11.4. The van der Waals surface area contributed by atoms with Gasteiger partial charge in [-0.15, -0.1) is 0 Å². The average Bonchev–Trinajstić information content (AvgIpc) is 3.19. The van der Waals surface area contributed by atoms with E-state index in [9.17, 15) is 14.3 Å². The van der Waals surface area contributed by atoms with E-state index in [1.54, 1.807) is 0 Å². The summed E-state index contributed by atoms with van der Waals surface area (Å²) in [5.74, 6) is -0.335. The summed E-state index contributed by atoms with van der Waals surface area (Å²) in [5.41, 5.74) is 0. The van der Waals surface area contributed by atoms with Gasteiger partial charge in [0.2, 0.25) is 0 Å². The number of nitrogens with zero attached hydrogens (tertiary/aromatic N) is 1. The Morgan fingerprint density at radius 3 is 1.47 bits per heavy atom. The standard InChI is InChI=1S/C50H94NO7P/c1-6-8-10-12-14-16-18-20-21-22-23-24-25-26-27-28-29-30-31-32-33-35-37-39-41-43-50(52)58-49(48-57-59(53,54)56-46-44-51(3,4)5)47-55-45-42-40-38-36-34-19-17-15-13-11-9-7-2/h8,10,14,16,20-21,23-24,49H,6-7,9,11-13,15,17-19,22,25-48H2,1-5H3/b10-8-,16-14-,21-20-,24-23-. The fourth-order valence-corrected chi connectivity index (χ4v) is 7.38. The van der Waals surface area contributed by atoms with Crippen LogP contribution in [-0.4, -0.2) is 70.7 Å². The Labute approximate surface area is 365 Å². The Morgan fingerprint density at radius 2 is 0.983 bits per heavy atom. The molecule has 0 aromatic carbocycles. The lowest BCUT2D eigenvalue weighted by Crippen LogP contribution is -2.37. The molecule has 0 aromatic rings. The van der Waals surface area contributed by atoms with Crippen molar-refractivity contribution in [2.24, 2.45) is 0 Å². The van der Waals surface area contributed by atoms with E-state index in [4.69, 9.17) is 18.5 Å². The molecule has 0 rings (SSSR count). The molecule has 2 unspecified atom stereocenters. The van der Waals surface area contributed by atoms with E-state index >= 15 is 0 Å². The molecular formula is C50H94NO7P. The van der Waals surface area contributed by atoms with Crippen molar-refractivity contribution in [3.63, 3.8) is 0 Å². The molecule has 0 heterocycles. The van der Waals surface area contributed by atoms with Crippen molar-refractivity contribution in [3.8, 4) is 0 Å². The second-order valence-electron chi connectivity index (χ2n) is 17.4. The number of likely N-dealkylation sites (N-methyl/N-ethyl adjacent to an activating group) is 1. The number of hydrogen-bond donors (Lipinski definition) is 0. The van der Waals surface area contributed by atoms with Gasteiger partial charge in [-0.1, -0.05) is 197 Å². The second-order valence-corrected chi connectivity index (χ2v) is 18.9. The number of allylic oxidation sites excluding steroid dienone is 8. The van der Waals surface area contributed by atoms with Gasteiger partial charge in [0.1, 0.15) is 19.3 Å². The molecule has 0 saturated carbocycles. The van der Waals surface area contributed by atoms with Crippen LogP contribution in [0.1, 0.15) is 206 Å². The molecule has 0 N–H and O–H groups in total. The lowest BCUT2D eigenvalue weighted by Gasteiger charge is -2.28. The lowest BCUT2D eigenvalue weighted by atomic mass is 10.0. The molecule has 0 aliphatic carbocycles. The summed E-state index contributed by atoms with van der Waals surface area (Å²) in [6.45, 7) is 5.32. The molecule has 0 aliphatic rings. The Bertz CT molecular complexity index is 1080. The van der Waals surface area contributed by atoms with Gasteiger partial charge in [0, 0.05) is 13.0 Å². The third-order valence-electron chi connectivity index (χ3n) is 10.4. The van der Waals surface area contributed by atoms with Gasteiger partial charge in [-0.3, -0.25) is 9.36 Å². The van der Waals surface area contributed by atoms with Crippen molar-refractivity contribution in [2.45, 2.75) is 213 Å². The van der Waals surface area contributed by atoms with Gasteiger partial charge in [-0.2, -0.15) is 0 Å². The van der Waals surface area contributed by atoms with Crippen LogP contribution in [-0.2, 0) is 27.9 Å². The number of carbonyl (C=O) groups is 1. The van der Waals surface area contributed by atoms with Crippen LogP contribution in [0.4, 0.5) is 0 Å². The summed E-state index contributed by atoms with van der Waals surface area (Å²) in [4.78, 5) is 25.1. The average molecular weight is 852 g/mol. The van der Waals surface area contributed by atoms with Crippen molar-refractivity contribution >= 4 is 13.8 Å². The second kappa shape index (κ2) is 43.1. The zero-order valence-electron chi connectivity index (χ0n) is 39.2. The Kier molecular flexibility index (Phi) is 42.0. The summed E-state index contributed by atoms with van der Waals surface area (Å²) in [6.07, 6.45) is 52.7. The maximum absolute atomic E-state index is 12.7. The first-order chi connectivity index (χ1) is 28.6. The number of quaternary nitrogens is 1. The zero-order chi connectivity index (χ0) is 43.4. The molecule has 0 aromatic heterocycles. The zero-order valence-corrected chi connectivity index (χ0v) is 40.1. The number of carbonyl (C=O) groups excluding carboxylic acids is 1. The predicted octanol–water partition coefficient (Wildman–Crippen LogP) is 14.1. The Morgan fingerprint density at radius 1 is 0.542 bits per heavy atom. The molecule has 0 bridgehead atoms. The Hall–Kier alpha value is -1.54. The highest BCUT2D eigenvalue weighted by Gasteiger charge is 2.20. The van der Waals surface area contributed by atoms with E-state index in [0.29, 0.717) is 24.1 Å². The molecule has 0 fully saturated rings. The SMILES string of the molecule is CC/C=C\C/C=C\C/C=C\C/C=C\CCCCCCCCCCCCCCC(=O)OC(COCCCCCCCCCCCCCC)COP(=O)([O-])OCC[N+](C)(C)C. The first kappa shape index (κ1) is 57.5. The molecule has 0 spiro atoms. The maximum atomic E-state index is 12.7. The number of unbranched alkanes of at least 4 members (excludes halogenated alkanes) is 23. The number of phosphoric acid groups is 1. The fraction of sp³-hybridized carbons (Fsp3) is 0.820. The van der Waals surface area contributed by atoms with Gasteiger partial charge >= 0.3 is 5.97 Å². The largest absolute Gasteiger partial charge is 0.756 e. The molecule has 2 atom stereocenters. The van der Waals surface area contributed by atoms with Crippen LogP contribution < -0.4 is 4.89 Å². The van der Waals surface area contributed by atoms with Crippen molar-refractivity contribution in [1.29, 1.82) is 0 Å².